The molecule has 1 atom stereocenters. The van der Waals surface area contributed by atoms with E-state index in [0.29, 0.717) is 48.3 Å². The van der Waals surface area contributed by atoms with E-state index in [2.05, 4.69) is 17.1 Å². The first-order chi connectivity index (χ1) is 16.2. The number of carbonyl (C=O) groups is 1. The lowest BCUT2D eigenvalue weighted by Crippen LogP contribution is -2.46. The fraction of sp³-hybridized carbons (Fsp3) is 0.333. The molecule has 1 amide bonds. The first kappa shape index (κ1) is 26.7. The molecule has 0 aliphatic rings. The summed E-state index contributed by atoms with van der Waals surface area (Å²) in [6.07, 6.45) is 4.11. The molecule has 2 aromatic carbocycles. The Kier molecular flexibility index (Phi) is 9.93. The molecule has 9 nitrogen and oxygen atoms in total. The number of rotatable bonds is 13. The van der Waals surface area contributed by atoms with Crippen molar-refractivity contribution >= 4 is 27.8 Å². The monoisotopic (exact) mass is 489 g/mol. The van der Waals surface area contributed by atoms with Crippen molar-refractivity contribution in [1.82, 2.24) is 5.43 Å². The third kappa shape index (κ3) is 7.51. The zero-order valence-electron chi connectivity index (χ0n) is 19.9. The molecule has 0 aromatic heterocycles. The minimum atomic E-state index is -3.75. The van der Waals surface area contributed by atoms with E-state index in [1.54, 1.807) is 48.5 Å². The molecule has 34 heavy (non-hydrogen) atoms. The highest BCUT2D eigenvalue weighted by atomic mass is 32.2. The molecule has 0 radical (unpaired) electrons. The Balaban J connectivity index is 2.15. The van der Waals surface area contributed by atoms with Gasteiger partial charge in [-0.3, -0.25) is 9.10 Å². The van der Waals surface area contributed by atoms with E-state index in [0.717, 1.165) is 10.6 Å². The van der Waals surface area contributed by atoms with Crippen molar-refractivity contribution in [3.63, 3.8) is 0 Å². The third-order valence-corrected chi connectivity index (χ3v) is 5.75. The molecular weight excluding hydrogens is 458 g/mol. The third-order valence-electron chi connectivity index (χ3n) is 4.50. The van der Waals surface area contributed by atoms with Gasteiger partial charge in [0.1, 0.15) is 18.4 Å². The van der Waals surface area contributed by atoms with Crippen molar-refractivity contribution in [2.75, 3.05) is 30.4 Å². The molecule has 2 rings (SSSR count). The van der Waals surface area contributed by atoms with Crippen molar-refractivity contribution in [3.8, 4) is 17.2 Å². The molecule has 0 bridgehead atoms. The van der Waals surface area contributed by atoms with Crippen molar-refractivity contribution in [3.05, 3.63) is 60.7 Å². The zero-order valence-corrected chi connectivity index (χ0v) is 20.7. The number of anilines is 1. The van der Waals surface area contributed by atoms with E-state index in [4.69, 9.17) is 14.2 Å². The zero-order chi connectivity index (χ0) is 25.1. The van der Waals surface area contributed by atoms with Gasteiger partial charge in [0.2, 0.25) is 10.0 Å². The highest BCUT2D eigenvalue weighted by Crippen LogP contribution is 2.28. The second-order valence-corrected chi connectivity index (χ2v) is 8.99. The van der Waals surface area contributed by atoms with E-state index in [9.17, 15) is 13.2 Å². The van der Waals surface area contributed by atoms with Crippen molar-refractivity contribution < 1.29 is 27.4 Å². The Bertz CT molecular complexity index is 1100. The van der Waals surface area contributed by atoms with Crippen LogP contribution in [-0.4, -0.2) is 52.7 Å². The van der Waals surface area contributed by atoms with E-state index >= 15 is 0 Å². The number of hydrogen-bond donors (Lipinski definition) is 1. The average molecular weight is 490 g/mol. The van der Waals surface area contributed by atoms with Crippen LogP contribution >= 0.6 is 0 Å². The van der Waals surface area contributed by atoms with Gasteiger partial charge in [0.15, 0.2) is 11.5 Å². The van der Waals surface area contributed by atoms with Crippen LogP contribution in [0.4, 0.5) is 5.69 Å². The summed E-state index contributed by atoms with van der Waals surface area (Å²) in [6, 6.07) is 10.6. The molecule has 184 valence electrons. The Labute approximate surface area is 201 Å². The van der Waals surface area contributed by atoms with Gasteiger partial charge < -0.3 is 14.2 Å². The standard InChI is InChI=1S/C24H31N3O6S/c1-6-15-33-22-14-9-19(16-23(22)32-8-3)17-25-26-24(28)18(4)27(34(5,29)30)20-10-12-21(13-11-20)31-7-2/h6,9-14,16-18H,1,7-8,15H2,2-5H3,(H,26,28)/b25-17-/t18-/m0/s1. The molecule has 10 heteroatoms. The van der Waals surface area contributed by atoms with Crippen LogP contribution in [0.25, 0.3) is 0 Å². The molecule has 0 aliphatic carbocycles. The fourth-order valence-corrected chi connectivity index (χ4v) is 4.24. The quantitative estimate of drug-likeness (QED) is 0.263. The number of hydrogen-bond acceptors (Lipinski definition) is 7. The van der Waals surface area contributed by atoms with Gasteiger partial charge in [-0.05, 0) is 68.8 Å². The number of nitrogens with zero attached hydrogens (tertiary/aromatic N) is 2. The number of sulfonamides is 1. The summed E-state index contributed by atoms with van der Waals surface area (Å²) >= 11 is 0. The molecular formula is C24H31N3O6S. The molecule has 0 aliphatic heterocycles. The van der Waals surface area contributed by atoms with Gasteiger partial charge in [0, 0.05) is 0 Å². The lowest BCUT2D eigenvalue weighted by atomic mass is 10.2. The second kappa shape index (κ2) is 12.6. The Morgan fingerprint density at radius 3 is 2.35 bits per heavy atom. The molecule has 0 spiro atoms. The number of amides is 1. The van der Waals surface area contributed by atoms with Crippen LogP contribution in [0.2, 0.25) is 0 Å². The maximum absolute atomic E-state index is 12.7. The first-order valence-electron chi connectivity index (χ1n) is 10.8. The summed E-state index contributed by atoms with van der Waals surface area (Å²) in [5.74, 6) is 1.11. The maximum Gasteiger partial charge on any atom is 0.263 e. The summed E-state index contributed by atoms with van der Waals surface area (Å²) < 4.78 is 42.4. The van der Waals surface area contributed by atoms with Crippen LogP contribution in [0.3, 0.4) is 0 Å². The van der Waals surface area contributed by atoms with E-state index in [-0.39, 0.29) is 0 Å². The topological polar surface area (TPSA) is 107 Å². The number of hydrazone groups is 1. The van der Waals surface area contributed by atoms with Crippen LogP contribution in [0.5, 0.6) is 17.2 Å². The van der Waals surface area contributed by atoms with Crippen molar-refractivity contribution in [1.29, 1.82) is 0 Å². The van der Waals surface area contributed by atoms with Gasteiger partial charge in [-0.25, -0.2) is 13.8 Å². The number of benzene rings is 2. The minimum absolute atomic E-state index is 0.340. The van der Waals surface area contributed by atoms with Gasteiger partial charge in [-0.1, -0.05) is 12.7 Å². The second-order valence-electron chi connectivity index (χ2n) is 7.13. The number of ether oxygens (including phenoxy) is 3. The smallest absolute Gasteiger partial charge is 0.263 e. The first-order valence-corrected chi connectivity index (χ1v) is 12.6. The normalized spacial score (nSPS) is 12.1. The van der Waals surface area contributed by atoms with Gasteiger partial charge in [0.25, 0.3) is 5.91 Å². The predicted molar refractivity (Wildman–Crippen MR) is 133 cm³/mol. The molecule has 0 fully saturated rings. The van der Waals surface area contributed by atoms with Gasteiger partial charge >= 0.3 is 0 Å². The lowest BCUT2D eigenvalue weighted by molar-refractivity contribution is -0.121. The maximum atomic E-state index is 12.7. The largest absolute Gasteiger partial charge is 0.494 e. The summed E-state index contributed by atoms with van der Waals surface area (Å²) in [5, 5.41) is 3.97. The molecule has 2 aromatic rings. The average Bonchev–Trinajstić information content (AvgIpc) is 2.79. The Morgan fingerprint density at radius 2 is 1.76 bits per heavy atom. The molecule has 0 unspecified atom stereocenters. The molecule has 1 N–H and O–H groups in total. The minimum Gasteiger partial charge on any atom is -0.494 e. The summed E-state index contributed by atoms with van der Waals surface area (Å²) in [5.41, 5.74) is 3.40. The van der Waals surface area contributed by atoms with Crippen LogP contribution in [0, 0.1) is 0 Å². The highest BCUT2D eigenvalue weighted by molar-refractivity contribution is 7.92. The Morgan fingerprint density at radius 1 is 1.09 bits per heavy atom. The Hall–Kier alpha value is -3.53. The van der Waals surface area contributed by atoms with E-state index in [1.165, 1.54) is 13.1 Å². The fourth-order valence-electron chi connectivity index (χ4n) is 3.07. The summed E-state index contributed by atoms with van der Waals surface area (Å²) in [6.45, 7) is 10.1. The van der Waals surface area contributed by atoms with Gasteiger partial charge in [-0.2, -0.15) is 5.10 Å². The van der Waals surface area contributed by atoms with Gasteiger partial charge in [-0.15, -0.1) is 0 Å². The van der Waals surface area contributed by atoms with Crippen molar-refractivity contribution in [2.45, 2.75) is 26.8 Å². The van der Waals surface area contributed by atoms with Gasteiger partial charge in [0.05, 0.1) is 31.4 Å². The molecule has 0 heterocycles. The molecule has 0 saturated heterocycles. The number of nitrogens with one attached hydrogen (secondary N) is 1. The number of carbonyl (C=O) groups excluding carboxylic acids is 1. The van der Waals surface area contributed by atoms with Crippen LogP contribution in [0.1, 0.15) is 26.3 Å². The lowest BCUT2D eigenvalue weighted by Gasteiger charge is -2.27. The van der Waals surface area contributed by atoms with Crippen LogP contribution in [-0.2, 0) is 14.8 Å². The van der Waals surface area contributed by atoms with E-state index in [1.807, 2.05) is 13.8 Å². The molecule has 0 saturated carbocycles. The summed E-state index contributed by atoms with van der Waals surface area (Å²) in [4.78, 5) is 12.7. The summed E-state index contributed by atoms with van der Waals surface area (Å²) in [7, 11) is -3.75. The predicted octanol–water partition coefficient (Wildman–Crippen LogP) is 3.35. The van der Waals surface area contributed by atoms with Crippen molar-refractivity contribution in [2.24, 2.45) is 5.10 Å². The van der Waals surface area contributed by atoms with E-state index < -0.39 is 22.0 Å². The SMILES string of the molecule is C=CCOc1ccc(/C=N\NC(=O)[C@H](C)N(c2ccc(OCC)cc2)S(C)(=O)=O)cc1OCC. The van der Waals surface area contributed by atoms with Crippen LogP contribution < -0.4 is 23.9 Å². The van der Waals surface area contributed by atoms with Crippen LogP contribution in [0.15, 0.2) is 60.2 Å². The highest BCUT2D eigenvalue weighted by Gasteiger charge is 2.29.